The van der Waals surface area contributed by atoms with Gasteiger partial charge < -0.3 is 31.3 Å². The van der Waals surface area contributed by atoms with E-state index in [1.807, 2.05) is 60.2 Å². The fraction of sp³-hybridized carbons (Fsp3) is 0.853. The molecule has 0 aromatic carbocycles. The Balaban J connectivity index is 0.00000102. The molecule has 3 aliphatic rings. The Labute approximate surface area is 283 Å². The second-order valence-electron chi connectivity index (χ2n) is 14.0. The molecule has 0 spiro atoms. The van der Waals surface area contributed by atoms with E-state index in [1.165, 1.54) is 0 Å². The molecule has 0 aliphatic carbocycles. The highest BCUT2D eigenvalue weighted by Gasteiger charge is 2.50. The SMILES string of the molecule is CC.CC(C)C.CC12CSC[C@H]1NC(=O)N2.CCCCC(=O)NC(CC(C)C)C(=O)NCC(=O)NC(CC(C)C)C(=O)C1(C)CO1. The normalized spacial score (nSPS) is 23.5. The van der Waals surface area contributed by atoms with Crippen LogP contribution in [0.15, 0.2) is 0 Å². The Bertz CT molecular complexity index is 969. The number of ketones is 1. The predicted molar refractivity (Wildman–Crippen MR) is 188 cm³/mol. The Morgan fingerprint density at radius 3 is 1.93 bits per heavy atom. The van der Waals surface area contributed by atoms with Crippen LogP contribution in [0.5, 0.6) is 0 Å². The lowest BCUT2D eigenvalue weighted by Crippen LogP contribution is -2.52. The van der Waals surface area contributed by atoms with Gasteiger partial charge >= 0.3 is 6.03 Å². The standard InChI is InChI=1S/C22H39N3O5.C6H10N2OS.C4H10.C2H6/c1-7-8-9-18(26)25-17(11-15(4)5)21(29)23-12-19(27)24-16(10-14(2)3)20(28)22(6)13-30-22;1-6-3-10-2-4(6)7-5(9)8-6;1-4(2)3;1-2/h14-17H,7-13H2,1-6H3,(H,23,29)(H,24,27)(H,25,26);4H,2-3H2,1H3,(H2,7,8,9);4H,1-3H3;1-2H3/t;4-,6?;;/m.1../s1. The number of carbonyl (C=O) groups excluding carboxylic acids is 5. The average Bonchev–Trinajstić information content (AvgIpc) is 3.51. The maximum atomic E-state index is 12.6. The predicted octanol–water partition coefficient (Wildman–Crippen LogP) is 4.57. The fourth-order valence-corrected chi connectivity index (χ4v) is 6.12. The molecule has 5 atom stereocenters. The van der Waals surface area contributed by atoms with E-state index in [2.05, 4.69) is 54.3 Å². The number of rotatable bonds is 14. The molecule has 4 unspecified atom stereocenters. The summed E-state index contributed by atoms with van der Waals surface area (Å²) < 4.78 is 5.22. The second kappa shape index (κ2) is 21.5. The Morgan fingerprint density at radius 2 is 1.46 bits per heavy atom. The molecule has 3 heterocycles. The van der Waals surface area contributed by atoms with Gasteiger partial charge in [0.2, 0.25) is 17.7 Å². The number of nitrogens with one attached hydrogen (secondary N) is 5. The third-order valence-corrected chi connectivity index (χ3v) is 8.53. The van der Waals surface area contributed by atoms with Crippen LogP contribution in [0.1, 0.15) is 115 Å². The molecular formula is C34H65N5O6S. The minimum Gasteiger partial charge on any atom is -0.361 e. The molecule has 0 bridgehead atoms. The van der Waals surface area contributed by atoms with Crippen LogP contribution in [0, 0.1) is 17.8 Å². The van der Waals surface area contributed by atoms with Gasteiger partial charge in [-0.1, -0.05) is 75.7 Å². The molecule has 5 N–H and O–H groups in total. The Kier molecular flexibility index (Phi) is 20.4. The summed E-state index contributed by atoms with van der Waals surface area (Å²) in [6.45, 7) is 24.3. The molecule has 12 heteroatoms. The van der Waals surface area contributed by atoms with Crippen molar-refractivity contribution in [3.05, 3.63) is 0 Å². The number of amides is 5. The van der Waals surface area contributed by atoms with Gasteiger partial charge in [0.05, 0.1) is 30.8 Å². The molecule has 0 saturated carbocycles. The quantitative estimate of drug-likeness (QED) is 0.134. The zero-order valence-electron chi connectivity index (χ0n) is 30.7. The van der Waals surface area contributed by atoms with Crippen LogP contribution in [0.25, 0.3) is 0 Å². The summed E-state index contributed by atoms with van der Waals surface area (Å²) in [7, 11) is 0. The highest BCUT2D eigenvalue weighted by molar-refractivity contribution is 7.99. The Morgan fingerprint density at radius 1 is 0.935 bits per heavy atom. The molecule has 0 aromatic rings. The van der Waals surface area contributed by atoms with Crippen molar-refractivity contribution in [3.8, 4) is 0 Å². The van der Waals surface area contributed by atoms with E-state index in [0.29, 0.717) is 31.9 Å². The minimum absolute atomic E-state index is 0.00667. The molecule has 268 valence electrons. The average molecular weight is 672 g/mol. The van der Waals surface area contributed by atoms with E-state index >= 15 is 0 Å². The molecule has 3 fully saturated rings. The molecule has 5 amide bonds. The lowest BCUT2D eigenvalue weighted by atomic mass is 9.93. The topological polar surface area (TPSA) is 158 Å². The van der Waals surface area contributed by atoms with Crippen molar-refractivity contribution in [3.63, 3.8) is 0 Å². The van der Waals surface area contributed by atoms with Gasteiger partial charge in [-0.05, 0) is 50.9 Å². The van der Waals surface area contributed by atoms with Crippen molar-refractivity contribution in [1.29, 1.82) is 0 Å². The van der Waals surface area contributed by atoms with Gasteiger partial charge in [0.25, 0.3) is 0 Å². The van der Waals surface area contributed by atoms with E-state index in [0.717, 1.165) is 30.3 Å². The van der Waals surface area contributed by atoms with Gasteiger partial charge in [0.1, 0.15) is 11.6 Å². The second-order valence-corrected chi connectivity index (χ2v) is 15.1. The van der Waals surface area contributed by atoms with E-state index in [-0.39, 0.29) is 41.6 Å². The number of unbranched alkanes of at least 4 members (excludes halogenated alkanes) is 1. The van der Waals surface area contributed by atoms with Crippen LogP contribution in [0.2, 0.25) is 0 Å². The molecule has 11 nitrogen and oxygen atoms in total. The summed E-state index contributed by atoms with van der Waals surface area (Å²) in [5.74, 6) is 2.20. The lowest BCUT2D eigenvalue weighted by Gasteiger charge is -2.22. The molecule has 3 saturated heterocycles. The highest BCUT2D eigenvalue weighted by Crippen LogP contribution is 2.31. The smallest absolute Gasteiger partial charge is 0.315 e. The van der Waals surface area contributed by atoms with E-state index in [9.17, 15) is 24.0 Å². The van der Waals surface area contributed by atoms with E-state index < -0.39 is 29.5 Å². The fourth-order valence-electron chi connectivity index (χ4n) is 4.62. The van der Waals surface area contributed by atoms with Gasteiger partial charge in [-0.2, -0.15) is 11.8 Å². The Hall–Kier alpha value is -2.34. The van der Waals surface area contributed by atoms with Crippen molar-refractivity contribution in [2.45, 2.75) is 144 Å². The zero-order valence-corrected chi connectivity index (χ0v) is 31.5. The zero-order chi connectivity index (χ0) is 35.7. The van der Waals surface area contributed by atoms with Crippen LogP contribution in [-0.2, 0) is 23.9 Å². The molecule has 0 aromatic heterocycles. The first-order chi connectivity index (χ1) is 21.4. The number of hydrogen-bond donors (Lipinski definition) is 5. The van der Waals surface area contributed by atoms with Crippen LogP contribution >= 0.6 is 11.8 Å². The van der Waals surface area contributed by atoms with Gasteiger partial charge in [-0.25, -0.2) is 4.79 Å². The molecule has 0 radical (unpaired) electrons. The van der Waals surface area contributed by atoms with Crippen LogP contribution < -0.4 is 26.6 Å². The summed E-state index contributed by atoms with van der Waals surface area (Å²) in [5, 5.41) is 13.9. The molecule has 3 aliphatic heterocycles. The molecule has 3 rings (SSSR count). The van der Waals surface area contributed by atoms with Crippen molar-refractivity contribution in [2.75, 3.05) is 24.7 Å². The van der Waals surface area contributed by atoms with Gasteiger partial charge in [0, 0.05) is 17.9 Å². The van der Waals surface area contributed by atoms with Crippen molar-refractivity contribution < 1.29 is 28.7 Å². The summed E-state index contributed by atoms with van der Waals surface area (Å²) in [5.41, 5.74) is -0.789. The number of epoxide rings is 1. The largest absolute Gasteiger partial charge is 0.361 e. The van der Waals surface area contributed by atoms with Gasteiger partial charge in [-0.15, -0.1) is 0 Å². The summed E-state index contributed by atoms with van der Waals surface area (Å²) in [4.78, 5) is 60.4. The minimum atomic E-state index is -0.818. The maximum Gasteiger partial charge on any atom is 0.315 e. The summed E-state index contributed by atoms with van der Waals surface area (Å²) in [6.07, 6.45) is 3.02. The third-order valence-electron chi connectivity index (χ3n) is 7.16. The molecular weight excluding hydrogens is 606 g/mol. The summed E-state index contributed by atoms with van der Waals surface area (Å²) in [6, 6.07) is -0.992. The number of thioether (sulfide) groups is 1. The number of hydrogen-bond acceptors (Lipinski definition) is 7. The number of Topliss-reactive ketones (excluding diaryl/α,β-unsaturated/α-hetero) is 1. The monoisotopic (exact) mass is 671 g/mol. The first-order valence-corrected chi connectivity index (χ1v) is 18.3. The molecule has 46 heavy (non-hydrogen) atoms. The maximum absolute atomic E-state index is 12.6. The van der Waals surface area contributed by atoms with Crippen molar-refractivity contribution >= 4 is 41.3 Å². The van der Waals surface area contributed by atoms with Crippen LogP contribution in [-0.4, -0.2) is 83.5 Å². The highest BCUT2D eigenvalue weighted by atomic mass is 32.2. The van der Waals surface area contributed by atoms with Crippen molar-refractivity contribution in [2.24, 2.45) is 17.8 Å². The lowest BCUT2D eigenvalue weighted by molar-refractivity contribution is -0.132. The number of fused-ring (bicyclic) bond motifs is 1. The van der Waals surface area contributed by atoms with E-state index in [1.54, 1.807) is 6.92 Å². The first-order valence-electron chi connectivity index (χ1n) is 17.1. The van der Waals surface area contributed by atoms with Crippen molar-refractivity contribution in [1.82, 2.24) is 26.6 Å². The van der Waals surface area contributed by atoms with Crippen LogP contribution in [0.3, 0.4) is 0 Å². The third kappa shape index (κ3) is 17.0. The van der Waals surface area contributed by atoms with E-state index in [4.69, 9.17) is 4.74 Å². The van der Waals surface area contributed by atoms with Gasteiger partial charge in [0.15, 0.2) is 5.78 Å². The van der Waals surface area contributed by atoms with Gasteiger partial charge in [-0.3, -0.25) is 19.2 Å². The summed E-state index contributed by atoms with van der Waals surface area (Å²) >= 11 is 1.89. The first kappa shape index (κ1) is 43.7. The number of ether oxygens (including phenoxy) is 1. The number of urea groups is 1. The van der Waals surface area contributed by atoms with Crippen LogP contribution in [0.4, 0.5) is 4.79 Å². The number of carbonyl (C=O) groups is 5.